The summed E-state index contributed by atoms with van der Waals surface area (Å²) in [5, 5.41) is 43.6. The summed E-state index contributed by atoms with van der Waals surface area (Å²) >= 11 is 0. The lowest BCUT2D eigenvalue weighted by molar-refractivity contribution is -0.144. The van der Waals surface area contributed by atoms with E-state index in [9.17, 15) is 48.0 Å². The number of aliphatic hydroxyl groups is 3. The van der Waals surface area contributed by atoms with Gasteiger partial charge in [-0.15, -0.1) is 0 Å². The third-order valence-corrected chi connectivity index (χ3v) is 8.83. The molecule has 43 heavy (non-hydrogen) atoms. The Morgan fingerprint density at radius 3 is 2.40 bits per heavy atom. The van der Waals surface area contributed by atoms with E-state index in [0.29, 0.717) is 19.5 Å². The number of halogens is 3. The number of allylic oxidation sites excluding steroid dienone is 2. The first-order valence-electron chi connectivity index (χ1n) is 13.9. The predicted molar refractivity (Wildman–Crippen MR) is 147 cm³/mol. The number of phenols is 1. The topological polar surface area (TPSA) is 161 Å². The molecule has 6 N–H and O–H groups in total. The molecular formula is C31H31F3N2O7. The number of aromatic hydroxyl groups is 1. The molecule has 0 radical (unpaired) electrons. The third kappa shape index (κ3) is 4.98. The van der Waals surface area contributed by atoms with E-state index in [1.165, 1.54) is 0 Å². The second-order valence-corrected chi connectivity index (χ2v) is 11.3. The van der Waals surface area contributed by atoms with Crippen molar-refractivity contribution in [3.8, 4) is 5.75 Å². The first kappa shape index (κ1) is 30.3. The molecule has 0 saturated heterocycles. The monoisotopic (exact) mass is 600 g/mol. The molecule has 3 aliphatic rings. The molecule has 5 rings (SSSR count). The number of nitrogens with two attached hydrogens (primary N) is 1. The van der Waals surface area contributed by atoms with Crippen LogP contribution in [0.1, 0.15) is 52.4 Å². The zero-order valence-electron chi connectivity index (χ0n) is 23.2. The van der Waals surface area contributed by atoms with Gasteiger partial charge in [0.15, 0.2) is 11.4 Å². The number of Topliss-reactive ketones (excluding diaryl/α,β-unsaturated/α-hetero) is 2. The number of ketones is 2. The van der Waals surface area contributed by atoms with Gasteiger partial charge in [-0.3, -0.25) is 19.3 Å². The molecule has 0 heterocycles. The van der Waals surface area contributed by atoms with Gasteiger partial charge in [0.1, 0.15) is 22.8 Å². The molecule has 12 heteroatoms. The highest BCUT2D eigenvalue weighted by Gasteiger charge is 2.60. The maximum absolute atomic E-state index is 14.7. The van der Waals surface area contributed by atoms with Crippen molar-refractivity contribution >= 4 is 17.5 Å². The van der Waals surface area contributed by atoms with Gasteiger partial charge in [-0.05, 0) is 54.5 Å². The molecule has 1 unspecified atom stereocenters. The fourth-order valence-electron chi connectivity index (χ4n) is 6.76. The molecule has 3 atom stereocenters. The number of fused-ring (bicyclic) bond motifs is 3. The predicted octanol–water partition coefficient (Wildman–Crippen LogP) is 3.66. The van der Waals surface area contributed by atoms with Crippen molar-refractivity contribution in [2.45, 2.75) is 50.9 Å². The molecule has 3 aliphatic carbocycles. The van der Waals surface area contributed by atoms with E-state index in [1.807, 2.05) is 37.3 Å². The Morgan fingerprint density at radius 2 is 1.79 bits per heavy atom. The number of primary amides is 1. The lowest BCUT2D eigenvalue weighted by atomic mass is 9.60. The number of aliphatic hydroxyl groups excluding tert-OH is 2. The molecule has 0 spiro atoms. The van der Waals surface area contributed by atoms with Gasteiger partial charge in [-0.2, -0.15) is 13.2 Å². The van der Waals surface area contributed by atoms with E-state index < -0.39 is 99.0 Å². The highest BCUT2D eigenvalue weighted by molar-refractivity contribution is 6.24. The largest absolute Gasteiger partial charge is 0.511 e. The number of likely N-dealkylation sites (N-methyl/N-ethyl adjacent to an activating group) is 1. The van der Waals surface area contributed by atoms with Gasteiger partial charge >= 0.3 is 6.18 Å². The number of carbonyl (C=O) groups excluding carboxylic acids is 3. The maximum Gasteiger partial charge on any atom is 0.417 e. The van der Waals surface area contributed by atoms with Crippen LogP contribution in [-0.4, -0.2) is 61.5 Å². The first-order valence-corrected chi connectivity index (χ1v) is 13.9. The molecule has 2 aromatic carbocycles. The van der Waals surface area contributed by atoms with E-state index in [0.717, 1.165) is 11.6 Å². The second-order valence-electron chi connectivity index (χ2n) is 11.3. The minimum absolute atomic E-state index is 0.155. The van der Waals surface area contributed by atoms with E-state index in [1.54, 1.807) is 4.90 Å². The summed E-state index contributed by atoms with van der Waals surface area (Å²) in [6.07, 6.45) is -5.48. The Morgan fingerprint density at radius 1 is 1.12 bits per heavy atom. The molecular weight excluding hydrogens is 569 g/mol. The number of phenolic OH excluding ortho intramolecular Hbond substituents is 1. The molecule has 0 bridgehead atoms. The standard InChI is InChI=1S/C31H31F3N2O7/c1-2-36(9-8-15-6-4-3-5-7-15)14-17-12-20(37)23-19(25(17)31(32,33)34)11-16-10-18-13-21(38)24(29(35)42)28(41)30(18,43)27(40)22(16)26(23)39/h3-7,12,16,18,37-38,40,43H,2,8-11,13-14H2,1H3,(H2,35,42)/t16?,18-,30-/m0/s1. The van der Waals surface area contributed by atoms with Gasteiger partial charge in [0, 0.05) is 31.0 Å². The Hall–Kier alpha value is -4.16. The van der Waals surface area contributed by atoms with Crippen LogP contribution in [0.3, 0.4) is 0 Å². The highest BCUT2D eigenvalue weighted by atomic mass is 19.4. The van der Waals surface area contributed by atoms with Crippen molar-refractivity contribution in [1.29, 1.82) is 0 Å². The van der Waals surface area contributed by atoms with Gasteiger partial charge in [-0.25, -0.2) is 0 Å². The van der Waals surface area contributed by atoms with Crippen molar-refractivity contribution in [2.75, 3.05) is 13.1 Å². The highest BCUT2D eigenvalue weighted by Crippen LogP contribution is 2.53. The van der Waals surface area contributed by atoms with Crippen LogP contribution in [0.5, 0.6) is 5.75 Å². The molecule has 9 nitrogen and oxygen atoms in total. The molecule has 228 valence electrons. The Kier molecular flexibility index (Phi) is 7.64. The number of nitrogens with zero attached hydrogens (tertiary/aromatic N) is 1. The summed E-state index contributed by atoms with van der Waals surface area (Å²) in [5.41, 5.74) is -0.399. The minimum Gasteiger partial charge on any atom is -0.511 e. The number of benzene rings is 2. The van der Waals surface area contributed by atoms with Gasteiger partial charge in [-0.1, -0.05) is 37.3 Å². The van der Waals surface area contributed by atoms with Crippen LogP contribution in [0.15, 0.2) is 59.1 Å². The van der Waals surface area contributed by atoms with Crippen molar-refractivity contribution < 1.29 is 48.0 Å². The number of carbonyl (C=O) groups is 3. The first-order chi connectivity index (χ1) is 20.2. The van der Waals surface area contributed by atoms with Crippen LogP contribution in [0.25, 0.3) is 0 Å². The van der Waals surface area contributed by atoms with Crippen molar-refractivity contribution in [2.24, 2.45) is 17.6 Å². The Bertz CT molecular complexity index is 1580. The van der Waals surface area contributed by atoms with Crippen LogP contribution in [-0.2, 0) is 35.2 Å². The second kappa shape index (κ2) is 10.8. The van der Waals surface area contributed by atoms with Crippen LogP contribution >= 0.6 is 0 Å². The summed E-state index contributed by atoms with van der Waals surface area (Å²) < 4.78 is 44.1. The summed E-state index contributed by atoms with van der Waals surface area (Å²) in [7, 11) is 0. The SMILES string of the molecule is CCN(CCc1ccccc1)Cc1cc(O)c2c(c1C(F)(F)F)CC1C[C@H]3CC(O)=C(C(N)=O)C(=O)[C@@]3(O)C(O)=C1C2=O. The van der Waals surface area contributed by atoms with Gasteiger partial charge in [0.25, 0.3) is 5.91 Å². The molecule has 0 aliphatic heterocycles. The number of rotatable bonds is 7. The smallest absolute Gasteiger partial charge is 0.417 e. The average molecular weight is 601 g/mol. The number of hydrogen-bond acceptors (Lipinski definition) is 8. The minimum atomic E-state index is -4.90. The number of hydrogen-bond donors (Lipinski definition) is 5. The summed E-state index contributed by atoms with van der Waals surface area (Å²) in [4.78, 5) is 40.3. The molecule has 1 amide bonds. The maximum atomic E-state index is 14.7. The van der Waals surface area contributed by atoms with E-state index in [4.69, 9.17) is 5.73 Å². The van der Waals surface area contributed by atoms with Crippen molar-refractivity contribution in [3.63, 3.8) is 0 Å². The fourth-order valence-corrected chi connectivity index (χ4v) is 6.76. The Labute approximate surface area is 244 Å². The van der Waals surface area contributed by atoms with E-state index in [2.05, 4.69) is 0 Å². The van der Waals surface area contributed by atoms with Gasteiger partial charge in [0.05, 0.1) is 11.1 Å². The lowest BCUT2D eigenvalue weighted by Crippen LogP contribution is -2.57. The summed E-state index contributed by atoms with van der Waals surface area (Å²) in [5.74, 6) is -8.77. The average Bonchev–Trinajstić information content (AvgIpc) is 2.92. The summed E-state index contributed by atoms with van der Waals surface area (Å²) in [6, 6.07) is 10.3. The Balaban J connectivity index is 1.57. The number of alkyl halides is 3. The fraction of sp³-hybridized carbons (Fsp3) is 0.387. The van der Waals surface area contributed by atoms with Crippen molar-refractivity contribution in [3.05, 3.63) is 86.9 Å². The van der Waals surface area contributed by atoms with Gasteiger partial charge < -0.3 is 26.2 Å². The van der Waals surface area contributed by atoms with E-state index in [-0.39, 0.29) is 18.5 Å². The third-order valence-electron chi connectivity index (χ3n) is 8.83. The van der Waals surface area contributed by atoms with Crippen LogP contribution in [0, 0.1) is 11.8 Å². The normalized spacial score (nSPS) is 23.8. The van der Waals surface area contributed by atoms with Crippen molar-refractivity contribution in [1.82, 2.24) is 4.90 Å². The molecule has 2 aromatic rings. The zero-order valence-corrected chi connectivity index (χ0v) is 23.2. The lowest BCUT2D eigenvalue weighted by Gasteiger charge is -2.45. The van der Waals surface area contributed by atoms with Gasteiger partial charge in [0.2, 0.25) is 5.78 Å². The number of amides is 1. The molecule has 0 fully saturated rings. The van der Waals surface area contributed by atoms with Crippen LogP contribution < -0.4 is 5.73 Å². The zero-order chi connectivity index (χ0) is 31.4. The molecule has 0 aromatic heterocycles. The quantitative estimate of drug-likeness (QED) is 0.301. The molecule has 0 saturated carbocycles. The summed E-state index contributed by atoms with van der Waals surface area (Å²) in [6.45, 7) is 2.51. The van der Waals surface area contributed by atoms with Crippen LogP contribution in [0.4, 0.5) is 13.2 Å². The van der Waals surface area contributed by atoms with E-state index >= 15 is 0 Å². The van der Waals surface area contributed by atoms with Crippen LogP contribution in [0.2, 0.25) is 0 Å².